The molecule has 3 rings (SSSR count). The second-order valence-electron chi connectivity index (χ2n) is 8.46. The maximum atomic E-state index is 12.4. The molecule has 1 heterocycles. The Kier molecular flexibility index (Phi) is 7.76. The normalized spacial score (nSPS) is 29.7. The molecule has 0 bridgehead atoms. The number of nitrogens with one attached hydrogen (secondary N) is 1. The highest BCUT2D eigenvalue weighted by atomic mass is 32.2. The molecule has 2 aliphatic rings. The van der Waals surface area contributed by atoms with Gasteiger partial charge in [0.05, 0.1) is 32.1 Å². The molecular weight excluding hydrogens is 404 g/mol. The Morgan fingerprint density at radius 1 is 1.17 bits per heavy atom. The van der Waals surface area contributed by atoms with Crippen LogP contribution in [-0.4, -0.2) is 63.6 Å². The smallest absolute Gasteiger partial charge is 0.410 e. The van der Waals surface area contributed by atoms with Crippen LogP contribution < -0.4 is 4.72 Å². The maximum Gasteiger partial charge on any atom is 0.410 e. The van der Waals surface area contributed by atoms with Gasteiger partial charge < -0.3 is 9.47 Å². The summed E-state index contributed by atoms with van der Waals surface area (Å²) in [6.45, 7) is 2.30. The molecule has 0 spiro atoms. The predicted molar refractivity (Wildman–Crippen MR) is 116 cm³/mol. The molecule has 3 atom stereocenters. The van der Waals surface area contributed by atoms with Crippen LogP contribution in [0.25, 0.3) is 0 Å². The first-order valence-corrected chi connectivity index (χ1v) is 12.7. The van der Waals surface area contributed by atoms with Crippen LogP contribution in [0.2, 0.25) is 0 Å². The van der Waals surface area contributed by atoms with E-state index >= 15 is 0 Å². The summed E-state index contributed by atoms with van der Waals surface area (Å²) in [6.07, 6.45) is 6.22. The van der Waals surface area contributed by atoms with Crippen molar-refractivity contribution in [1.82, 2.24) is 9.62 Å². The first-order chi connectivity index (χ1) is 14.3. The van der Waals surface area contributed by atoms with E-state index in [0.717, 1.165) is 38.4 Å². The van der Waals surface area contributed by atoms with Gasteiger partial charge in [-0.3, -0.25) is 4.90 Å². The Morgan fingerprint density at radius 3 is 2.40 bits per heavy atom. The number of carbonyl (C=O) groups excluding carboxylic acids is 1. The van der Waals surface area contributed by atoms with Gasteiger partial charge in [0.1, 0.15) is 0 Å². The van der Waals surface area contributed by atoms with Crippen molar-refractivity contribution in [2.45, 2.75) is 75.6 Å². The van der Waals surface area contributed by atoms with Crippen LogP contribution in [0.5, 0.6) is 0 Å². The van der Waals surface area contributed by atoms with Gasteiger partial charge in [-0.1, -0.05) is 37.3 Å². The average Bonchev–Trinajstić information content (AvgIpc) is 3.08. The molecule has 1 aliphatic carbocycles. The minimum absolute atomic E-state index is 0.0703. The number of hydrogen-bond acceptors (Lipinski definition) is 5. The lowest BCUT2D eigenvalue weighted by molar-refractivity contribution is -0.00944. The Bertz CT molecular complexity index is 793. The van der Waals surface area contributed by atoms with Crippen molar-refractivity contribution in [3.05, 3.63) is 35.9 Å². The molecule has 1 aliphatic heterocycles. The van der Waals surface area contributed by atoms with Gasteiger partial charge in [0, 0.05) is 12.1 Å². The fourth-order valence-electron chi connectivity index (χ4n) is 4.90. The molecule has 2 unspecified atom stereocenters. The number of ether oxygens (including phenoxy) is 2. The third-order valence-corrected chi connectivity index (χ3v) is 7.14. The molecule has 2 fully saturated rings. The number of amides is 1. The third-order valence-electron chi connectivity index (χ3n) is 6.41. The average molecular weight is 439 g/mol. The minimum Gasteiger partial charge on any atom is -0.453 e. The first-order valence-electron chi connectivity index (χ1n) is 10.8. The van der Waals surface area contributed by atoms with Gasteiger partial charge in [-0.05, 0) is 50.0 Å². The number of likely N-dealkylation sites (tertiary alicyclic amines) is 1. The topological polar surface area (TPSA) is 84.9 Å². The highest BCUT2D eigenvalue weighted by Gasteiger charge is 2.45. The quantitative estimate of drug-likeness (QED) is 0.706. The van der Waals surface area contributed by atoms with Gasteiger partial charge in [-0.25, -0.2) is 17.9 Å². The van der Waals surface area contributed by atoms with E-state index in [1.165, 1.54) is 12.7 Å². The van der Waals surface area contributed by atoms with Gasteiger partial charge in [0.15, 0.2) is 0 Å². The lowest BCUT2D eigenvalue weighted by atomic mass is 9.83. The zero-order valence-corrected chi connectivity index (χ0v) is 18.9. The number of sulfonamides is 1. The third kappa shape index (κ3) is 5.74. The van der Waals surface area contributed by atoms with Crippen LogP contribution in [0.1, 0.15) is 56.9 Å². The van der Waals surface area contributed by atoms with Gasteiger partial charge in [-0.15, -0.1) is 0 Å². The summed E-state index contributed by atoms with van der Waals surface area (Å²) in [5, 5.41) is 0. The summed E-state index contributed by atoms with van der Waals surface area (Å²) in [5.41, 5.74) is 1.38. The van der Waals surface area contributed by atoms with Crippen molar-refractivity contribution in [3.8, 4) is 0 Å². The van der Waals surface area contributed by atoms with Gasteiger partial charge in [0.2, 0.25) is 10.0 Å². The molecule has 7 nitrogen and oxygen atoms in total. The second-order valence-corrected chi connectivity index (χ2v) is 10.2. The number of hydrogen-bond donors (Lipinski definition) is 1. The van der Waals surface area contributed by atoms with Crippen molar-refractivity contribution in [2.24, 2.45) is 0 Å². The van der Waals surface area contributed by atoms with Crippen LogP contribution in [0.4, 0.5) is 4.79 Å². The van der Waals surface area contributed by atoms with Crippen LogP contribution in [0.3, 0.4) is 0 Å². The number of methoxy groups -OCH3 is 1. The number of rotatable bonds is 7. The van der Waals surface area contributed by atoms with E-state index in [2.05, 4.69) is 29.0 Å². The Hall–Kier alpha value is -1.64. The lowest BCUT2D eigenvalue weighted by Crippen LogP contribution is -2.50. The van der Waals surface area contributed by atoms with E-state index in [-0.39, 0.29) is 24.2 Å². The Balaban J connectivity index is 1.62. The Morgan fingerprint density at radius 2 is 1.83 bits per heavy atom. The number of nitrogens with zero attached hydrogens (tertiary/aromatic N) is 1. The van der Waals surface area contributed by atoms with Crippen molar-refractivity contribution in [2.75, 3.05) is 20.0 Å². The van der Waals surface area contributed by atoms with Gasteiger partial charge in [0.25, 0.3) is 0 Å². The predicted octanol–water partition coefficient (Wildman–Crippen LogP) is 3.27. The van der Waals surface area contributed by atoms with Crippen molar-refractivity contribution >= 4 is 16.1 Å². The zero-order valence-electron chi connectivity index (χ0n) is 18.1. The monoisotopic (exact) mass is 438 g/mol. The number of benzene rings is 1. The molecular formula is C22H34N2O5S. The van der Waals surface area contributed by atoms with E-state index in [1.807, 2.05) is 13.0 Å². The summed E-state index contributed by atoms with van der Waals surface area (Å²) < 4.78 is 37.6. The van der Waals surface area contributed by atoms with Crippen LogP contribution >= 0.6 is 0 Å². The second kappa shape index (κ2) is 10.1. The van der Waals surface area contributed by atoms with Crippen LogP contribution in [-0.2, 0) is 19.5 Å². The summed E-state index contributed by atoms with van der Waals surface area (Å²) in [6, 6.07) is 9.76. The molecule has 0 radical (unpaired) electrons. The molecule has 0 aromatic heterocycles. The molecule has 168 valence electrons. The lowest BCUT2D eigenvalue weighted by Gasteiger charge is -2.33. The van der Waals surface area contributed by atoms with E-state index < -0.39 is 16.1 Å². The maximum absolute atomic E-state index is 12.4. The van der Waals surface area contributed by atoms with Crippen molar-refractivity contribution in [3.63, 3.8) is 0 Å². The van der Waals surface area contributed by atoms with E-state index in [1.54, 1.807) is 4.90 Å². The SMILES string of the molecule is CC[C@@H]1CC(NS(C)(=O)=O)C(COC2CCC(c3ccccc3)CC2)N1C(=O)OC. The molecule has 1 aromatic carbocycles. The molecule has 30 heavy (non-hydrogen) atoms. The number of carbonyl (C=O) groups is 1. The molecule has 1 saturated carbocycles. The summed E-state index contributed by atoms with van der Waals surface area (Å²) in [4.78, 5) is 14.1. The summed E-state index contributed by atoms with van der Waals surface area (Å²) in [7, 11) is -2.04. The fraction of sp³-hybridized carbons (Fsp3) is 0.682. The standard InChI is InChI=1S/C22H34N2O5S/c1-4-18-14-20(23-30(3,26)27)21(24(18)22(25)28-2)15-29-19-12-10-17(11-13-19)16-8-6-5-7-9-16/h5-9,17-21,23H,4,10-15H2,1-3H3/t17?,18-,19?,20?,21?/m1/s1. The molecule has 1 N–H and O–H groups in total. The first kappa shape index (κ1) is 23.0. The highest BCUT2D eigenvalue weighted by Crippen LogP contribution is 2.35. The zero-order chi connectivity index (χ0) is 21.7. The largest absolute Gasteiger partial charge is 0.453 e. The molecule has 1 amide bonds. The van der Waals surface area contributed by atoms with E-state index in [9.17, 15) is 13.2 Å². The summed E-state index contributed by atoms with van der Waals surface area (Å²) in [5.74, 6) is 0.563. The molecule has 8 heteroatoms. The van der Waals surface area contributed by atoms with Crippen molar-refractivity contribution in [1.29, 1.82) is 0 Å². The van der Waals surface area contributed by atoms with E-state index in [0.29, 0.717) is 18.9 Å². The summed E-state index contributed by atoms with van der Waals surface area (Å²) >= 11 is 0. The van der Waals surface area contributed by atoms with Crippen molar-refractivity contribution < 1.29 is 22.7 Å². The van der Waals surface area contributed by atoms with Crippen LogP contribution in [0.15, 0.2) is 30.3 Å². The highest BCUT2D eigenvalue weighted by molar-refractivity contribution is 7.88. The fourth-order valence-corrected chi connectivity index (χ4v) is 5.71. The van der Waals surface area contributed by atoms with Gasteiger partial charge in [-0.2, -0.15) is 0 Å². The minimum atomic E-state index is -3.39. The van der Waals surface area contributed by atoms with E-state index in [4.69, 9.17) is 9.47 Å². The van der Waals surface area contributed by atoms with Gasteiger partial charge >= 0.3 is 6.09 Å². The Labute approximate surface area is 180 Å². The molecule has 1 saturated heterocycles. The van der Waals surface area contributed by atoms with Crippen LogP contribution in [0, 0.1) is 0 Å². The molecule has 1 aromatic rings.